The zero-order valence-corrected chi connectivity index (χ0v) is 17.0. The number of methoxy groups -OCH3 is 1. The topological polar surface area (TPSA) is 90.7 Å². The molecule has 0 saturated carbocycles. The van der Waals surface area contributed by atoms with E-state index in [2.05, 4.69) is 5.32 Å². The summed E-state index contributed by atoms with van der Waals surface area (Å²) < 4.78 is 10.8. The average molecular weight is 406 g/mol. The Bertz CT molecular complexity index is 1070. The molecular weight excluding hydrogens is 384 g/mol. The molecule has 0 radical (unpaired) electrons. The van der Waals surface area contributed by atoms with Crippen molar-refractivity contribution in [3.63, 3.8) is 0 Å². The summed E-state index contributed by atoms with van der Waals surface area (Å²) in [6.45, 7) is 4.00. The van der Waals surface area contributed by atoms with E-state index in [1.54, 1.807) is 30.3 Å². The third-order valence-corrected chi connectivity index (χ3v) is 4.45. The first-order valence-corrected chi connectivity index (χ1v) is 9.30. The van der Waals surface area contributed by atoms with E-state index in [1.165, 1.54) is 19.2 Å². The molecule has 3 aromatic rings. The molecule has 0 aliphatic rings. The number of aryl methyl sites for hydroxylation is 2. The number of rotatable bonds is 7. The van der Waals surface area contributed by atoms with E-state index < -0.39 is 4.92 Å². The number of amides is 1. The van der Waals surface area contributed by atoms with Gasteiger partial charge in [-0.2, -0.15) is 0 Å². The molecule has 0 atom stereocenters. The number of nitro groups is 1. The predicted molar refractivity (Wildman–Crippen MR) is 114 cm³/mol. The van der Waals surface area contributed by atoms with E-state index in [-0.39, 0.29) is 24.0 Å². The molecule has 0 aliphatic carbocycles. The highest BCUT2D eigenvalue weighted by atomic mass is 16.6. The fourth-order valence-electron chi connectivity index (χ4n) is 3.15. The fraction of sp³-hybridized carbons (Fsp3) is 0.174. The molecule has 7 nitrogen and oxygen atoms in total. The van der Waals surface area contributed by atoms with Gasteiger partial charge in [0.05, 0.1) is 17.6 Å². The quantitative estimate of drug-likeness (QED) is 0.438. The number of carbonyl (C=O) groups is 1. The van der Waals surface area contributed by atoms with Crippen LogP contribution in [0.15, 0.2) is 60.7 Å². The molecule has 0 aromatic heterocycles. The lowest BCUT2D eigenvalue weighted by atomic mass is 10.1. The summed E-state index contributed by atoms with van der Waals surface area (Å²) in [5.41, 5.74) is 3.64. The molecule has 0 bridgehead atoms. The van der Waals surface area contributed by atoms with Gasteiger partial charge in [-0.05, 0) is 60.9 Å². The van der Waals surface area contributed by atoms with Crippen molar-refractivity contribution < 1.29 is 19.2 Å². The number of carbonyl (C=O) groups excluding carboxylic acids is 1. The minimum absolute atomic E-state index is 0.0681. The number of anilines is 1. The Morgan fingerprint density at radius 2 is 1.70 bits per heavy atom. The van der Waals surface area contributed by atoms with Crippen LogP contribution in [0.25, 0.3) is 0 Å². The molecule has 0 unspecified atom stereocenters. The second kappa shape index (κ2) is 9.09. The molecule has 7 heteroatoms. The number of nitrogens with one attached hydrogen (secondary N) is 1. The van der Waals surface area contributed by atoms with E-state index in [9.17, 15) is 14.9 Å². The van der Waals surface area contributed by atoms with E-state index >= 15 is 0 Å². The van der Waals surface area contributed by atoms with Crippen molar-refractivity contribution >= 4 is 17.3 Å². The third-order valence-electron chi connectivity index (χ3n) is 4.45. The number of hydrogen-bond acceptors (Lipinski definition) is 5. The Labute approximate surface area is 174 Å². The van der Waals surface area contributed by atoms with Crippen LogP contribution in [-0.4, -0.2) is 17.9 Å². The van der Waals surface area contributed by atoms with Gasteiger partial charge in [0.15, 0.2) is 5.75 Å². The van der Waals surface area contributed by atoms with Crippen LogP contribution >= 0.6 is 0 Å². The molecule has 0 spiro atoms. The van der Waals surface area contributed by atoms with Gasteiger partial charge in [-0.25, -0.2) is 0 Å². The Morgan fingerprint density at radius 1 is 1.00 bits per heavy atom. The van der Waals surface area contributed by atoms with Crippen LogP contribution in [0.2, 0.25) is 0 Å². The lowest BCUT2D eigenvalue weighted by molar-refractivity contribution is -0.385. The van der Waals surface area contributed by atoms with Crippen molar-refractivity contribution in [1.29, 1.82) is 0 Å². The van der Waals surface area contributed by atoms with Crippen molar-refractivity contribution in [2.75, 3.05) is 12.4 Å². The van der Waals surface area contributed by atoms with Crippen LogP contribution in [0.5, 0.6) is 11.5 Å². The molecule has 3 aromatic carbocycles. The van der Waals surface area contributed by atoms with Crippen LogP contribution in [0.3, 0.4) is 0 Å². The first kappa shape index (κ1) is 20.9. The van der Waals surface area contributed by atoms with Crippen molar-refractivity contribution in [3.8, 4) is 11.5 Å². The zero-order chi connectivity index (χ0) is 21.7. The molecule has 3 rings (SSSR count). The van der Waals surface area contributed by atoms with Crippen LogP contribution in [0, 0.1) is 24.0 Å². The van der Waals surface area contributed by atoms with E-state index in [1.807, 2.05) is 32.0 Å². The van der Waals surface area contributed by atoms with Gasteiger partial charge in [-0.15, -0.1) is 0 Å². The molecule has 0 saturated heterocycles. The van der Waals surface area contributed by atoms with Gasteiger partial charge < -0.3 is 14.8 Å². The first-order valence-electron chi connectivity index (χ1n) is 9.30. The molecule has 1 amide bonds. The smallest absolute Gasteiger partial charge is 0.311 e. The molecule has 0 aliphatic heterocycles. The highest BCUT2D eigenvalue weighted by Gasteiger charge is 2.17. The average Bonchev–Trinajstić information content (AvgIpc) is 2.71. The lowest BCUT2D eigenvalue weighted by Gasteiger charge is -2.13. The van der Waals surface area contributed by atoms with Gasteiger partial charge in [0.2, 0.25) is 0 Å². The second-order valence-electron chi connectivity index (χ2n) is 6.88. The summed E-state index contributed by atoms with van der Waals surface area (Å²) in [5.74, 6) is 0.270. The highest BCUT2D eigenvalue weighted by molar-refractivity contribution is 6.06. The van der Waals surface area contributed by atoms with Crippen LogP contribution in [-0.2, 0) is 6.61 Å². The van der Waals surface area contributed by atoms with E-state index in [4.69, 9.17) is 9.47 Å². The number of hydrogen-bond donors (Lipinski definition) is 1. The number of nitrogens with zero attached hydrogens (tertiary/aromatic N) is 1. The molecule has 154 valence electrons. The van der Waals surface area contributed by atoms with Gasteiger partial charge in [-0.3, -0.25) is 14.9 Å². The maximum absolute atomic E-state index is 12.8. The summed E-state index contributed by atoms with van der Waals surface area (Å²) in [7, 11) is 1.38. The molecular formula is C23H22N2O5. The standard InChI is InChI=1S/C23H22N2O5/c1-15-10-16(2)12-18(11-15)24-23(26)19-6-4-5-7-21(19)30-14-17-8-9-22(29-3)20(13-17)25(27)28/h4-13H,14H2,1-3H3,(H,24,26). The Balaban J connectivity index is 1.78. The maximum atomic E-state index is 12.8. The van der Waals surface area contributed by atoms with Gasteiger partial charge >= 0.3 is 5.69 Å². The zero-order valence-electron chi connectivity index (χ0n) is 17.0. The second-order valence-corrected chi connectivity index (χ2v) is 6.88. The van der Waals surface area contributed by atoms with Crippen LogP contribution in [0.4, 0.5) is 11.4 Å². The minimum Gasteiger partial charge on any atom is -0.490 e. The number of nitro benzene ring substituents is 1. The van der Waals surface area contributed by atoms with Gasteiger partial charge in [0.25, 0.3) is 5.91 Å². The minimum atomic E-state index is -0.506. The normalized spacial score (nSPS) is 10.4. The van der Waals surface area contributed by atoms with Crippen molar-refractivity contribution in [1.82, 2.24) is 0 Å². The van der Waals surface area contributed by atoms with E-state index in [0.717, 1.165) is 11.1 Å². The highest BCUT2D eigenvalue weighted by Crippen LogP contribution is 2.28. The summed E-state index contributed by atoms with van der Waals surface area (Å²) in [6.07, 6.45) is 0. The Hall–Kier alpha value is -3.87. The predicted octanol–water partition coefficient (Wildman–Crippen LogP) is 5.05. The van der Waals surface area contributed by atoms with Crippen molar-refractivity contribution in [2.45, 2.75) is 20.5 Å². The monoisotopic (exact) mass is 406 g/mol. The fourth-order valence-corrected chi connectivity index (χ4v) is 3.15. The molecule has 0 fully saturated rings. The third kappa shape index (κ3) is 4.94. The van der Waals surface area contributed by atoms with Gasteiger partial charge in [-0.1, -0.05) is 24.3 Å². The largest absolute Gasteiger partial charge is 0.490 e. The maximum Gasteiger partial charge on any atom is 0.311 e. The first-order chi connectivity index (χ1) is 14.4. The van der Waals surface area contributed by atoms with Crippen molar-refractivity contribution in [3.05, 3.63) is 93.0 Å². The summed E-state index contributed by atoms with van der Waals surface area (Å²) in [4.78, 5) is 23.5. The summed E-state index contributed by atoms with van der Waals surface area (Å²) in [5, 5.41) is 14.1. The Kier molecular flexibility index (Phi) is 6.32. The lowest BCUT2D eigenvalue weighted by Crippen LogP contribution is -2.14. The molecule has 30 heavy (non-hydrogen) atoms. The Morgan fingerprint density at radius 3 is 2.37 bits per heavy atom. The number of benzene rings is 3. The van der Waals surface area contributed by atoms with Gasteiger partial charge in [0.1, 0.15) is 12.4 Å². The van der Waals surface area contributed by atoms with Crippen molar-refractivity contribution in [2.24, 2.45) is 0 Å². The summed E-state index contributed by atoms with van der Waals surface area (Å²) in [6, 6.07) is 17.3. The molecule has 0 heterocycles. The van der Waals surface area contributed by atoms with Crippen LogP contribution in [0.1, 0.15) is 27.0 Å². The number of ether oxygens (including phenoxy) is 2. The molecule has 1 N–H and O–H groups in total. The van der Waals surface area contributed by atoms with E-state index in [0.29, 0.717) is 22.6 Å². The SMILES string of the molecule is COc1ccc(COc2ccccc2C(=O)Nc2cc(C)cc(C)c2)cc1[N+](=O)[O-]. The van der Waals surface area contributed by atoms with Crippen LogP contribution < -0.4 is 14.8 Å². The number of para-hydroxylation sites is 1. The van der Waals surface area contributed by atoms with Gasteiger partial charge in [0, 0.05) is 11.8 Å². The summed E-state index contributed by atoms with van der Waals surface area (Å²) >= 11 is 0.